The molecule has 0 aliphatic heterocycles. The summed E-state index contributed by atoms with van der Waals surface area (Å²) in [6.45, 7) is 0.239. The lowest BCUT2D eigenvalue weighted by Gasteiger charge is -2.05. The molecule has 0 unspecified atom stereocenters. The van der Waals surface area contributed by atoms with Crippen molar-refractivity contribution in [1.82, 2.24) is 4.98 Å². The number of nitrogens with two attached hydrogens (primary N) is 1. The molecule has 0 aliphatic rings. The van der Waals surface area contributed by atoms with Gasteiger partial charge in [-0.15, -0.1) is 0 Å². The molecule has 2 aromatic rings. The van der Waals surface area contributed by atoms with E-state index in [1.165, 1.54) is 0 Å². The summed E-state index contributed by atoms with van der Waals surface area (Å²) >= 11 is 6.05. The molecule has 90 valence electrons. The number of hydrogen-bond donors (Lipinski definition) is 4. The van der Waals surface area contributed by atoms with Crippen LogP contribution in [0.15, 0.2) is 18.2 Å². The largest absolute Gasteiger partial charge is 0.480 e. The lowest BCUT2D eigenvalue weighted by molar-refractivity contribution is -0.134. The summed E-state index contributed by atoms with van der Waals surface area (Å²) in [6.07, 6.45) is 0. The molecule has 6 heteroatoms. The second kappa shape index (κ2) is 4.65. The average molecular weight is 254 g/mol. The molecule has 2 rings (SSSR count). The predicted molar refractivity (Wildman–Crippen MR) is 67.3 cm³/mol. The zero-order valence-corrected chi connectivity index (χ0v) is 9.71. The van der Waals surface area contributed by atoms with Crippen LogP contribution in [0.2, 0.25) is 5.02 Å². The van der Waals surface area contributed by atoms with E-state index in [0.29, 0.717) is 11.6 Å². The van der Waals surface area contributed by atoms with Crippen LogP contribution in [0, 0.1) is 0 Å². The molecule has 1 aromatic heterocycles. The molecular formula is C11H12ClN3O2. The van der Waals surface area contributed by atoms with E-state index in [9.17, 15) is 4.79 Å². The molecule has 0 atom stereocenters. The second-order valence-electron chi connectivity index (χ2n) is 3.63. The summed E-state index contributed by atoms with van der Waals surface area (Å²) in [4.78, 5) is 13.6. The van der Waals surface area contributed by atoms with Gasteiger partial charge in [-0.3, -0.25) is 4.79 Å². The third-order valence-corrected chi connectivity index (χ3v) is 2.76. The van der Waals surface area contributed by atoms with Gasteiger partial charge >= 0.3 is 5.97 Å². The highest BCUT2D eigenvalue weighted by Gasteiger charge is 2.09. The van der Waals surface area contributed by atoms with Crippen LogP contribution in [-0.2, 0) is 11.3 Å². The lowest BCUT2D eigenvalue weighted by atomic mass is 10.2. The first-order valence-corrected chi connectivity index (χ1v) is 5.45. The number of nitrogens with one attached hydrogen (secondary N) is 2. The van der Waals surface area contributed by atoms with Crippen molar-refractivity contribution < 1.29 is 9.90 Å². The minimum Gasteiger partial charge on any atom is -0.480 e. The molecule has 0 saturated carbocycles. The average Bonchev–Trinajstić information content (AvgIpc) is 2.73. The molecule has 0 spiro atoms. The van der Waals surface area contributed by atoms with Gasteiger partial charge in [0.15, 0.2) is 0 Å². The second-order valence-corrected chi connectivity index (χ2v) is 4.04. The fourth-order valence-electron chi connectivity index (χ4n) is 1.68. The van der Waals surface area contributed by atoms with Crippen LogP contribution in [0.5, 0.6) is 0 Å². The third-order valence-electron chi connectivity index (χ3n) is 2.45. The standard InChI is InChI=1S/C11H12ClN3O2/c12-8-1-2-9(14-5-10(16)17)7-3-6(4-13)15-11(7)8/h1-3,14-15H,4-5,13H2,(H,16,17). The van der Waals surface area contributed by atoms with E-state index < -0.39 is 5.97 Å². The van der Waals surface area contributed by atoms with Crippen LogP contribution in [0.4, 0.5) is 5.69 Å². The van der Waals surface area contributed by atoms with E-state index in [4.69, 9.17) is 22.4 Å². The molecule has 5 N–H and O–H groups in total. The number of H-pyrrole nitrogens is 1. The van der Waals surface area contributed by atoms with E-state index in [1.54, 1.807) is 12.1 Å². The highest BCUT2D eigenvalue weighted by molar-refractivity contribution is 6.35. The zero-order valence-electron chi connectivity index (χ0n) is 8.96. The maximum Gasteiger partial charge on any atom is 0.322 e. The Morgan fingerprint density at radius 2 is 2.29 bits per heavy atom. The molecule has 0 amide bonds. The van der Waals surface area contributed by atoms with Crippen molar-refractivity contribution in [2.75, 3.05) is 11.9 Å². The highest BCUT2D eigenvalue weighted by Crippen LogP contribution is 2.30. The first-order chi connectivity index (χ1) is 8.11. The fraction of sp³-hybridized carbons (Fsp3) is 0.182. The summed E-state index contributed by atoms with van der Waals surface area (Å²) in [5, 5.41) is 12.9. The Labute approximate surface area is 103 Å². The van der Waals surface area contributed by atoms with Crippen LogP contribution in [0.25, 0.3) is 10.9 Å². The van der Waals surface area contributed by atoms with E-state index in [0.717, 1.165) is 22.3 Å². The summed E-state index contributed by atoms with van der Waals surface area (Å²) in [7, 11) is 0. The maximum atomic E-state index is 10.5. The Bertz CT molecular complexity index is 565. The van der Waals surface area contributed by atoms with E-state index >= 15 is 0 Å². The molecule has 0 radical (unpaired) electrons. The smallest absolute Gasteiger partial charge is 0.322 e. The van der Waals surface area contributed by atoms with E-state index in [1.807, 2.05) is 6.07 Å². The minimum absolute atomic E-state index is 0.139. The fourth-order valence-corrected chi connectivity index (χ4v) is 1.89. The van der Waals surface area contributed by atoms with Gasteiger partial charge in [0.05, 0.1) is 10.5 Å². The summed E-state index contributed by atoms with van der Waals surface area (Å²) in [5.41, 5.74) is 7.89. The quantitative estimate of drug-likeness (QED) is 0.668. The number of carboxylic acids is 1. The van der Waals surface area contributed by atoms with Gasteiger partial charge in [0.2, 0.25) is 0 Å². The van der Waals surface area contributed by atoms with Gasteiger partial charge in [0.25, 0.3) is 0 Å². The zero-order chi connectivity index (χ0) is 12.4. The first-order valence-electron chi connectivity index (χ1n) is 5.07. The van der Waals surface area contributed by atoms with Crippen molar-refractivity contribution in [2.45, 2.75) is 6.54 Å². The highest BCUT2D eigenvalue weighted by atomic mass is 35.5. The Hall–Kier alpha value is -1.72. The van der Waals surface area contributed by atoms with Crippen LogP contribution in [0.3, 0.4) is 0 Å². The number of carbonyl (C=O) groups is 1. The maximum absolute atomic E-state index is 10.5. The molecule has 17 heavy (non-hydrogen) atoms. The van der Waals surface area contributed by atoms with Crippen molar-refractivity contribution in [3.8, 4) is 0 Å². The topological polar surface area (TPSA) is 91.1 Å². The molecule has 1 aromatic carbocycles. The predicted octanol–water partition coefficient (Wildman–Crippen LogP) is 1.78. The Balaban J connectivity index is 2.45. The van der Waals surface area contributed by atoms with Crippen LogP contribution < -0.4 is 11.1 Å². The van der Waals surface area contributed by atoms with Crippen LogP contribution >= 0.6 is 11.6 Å². The SMILES string of the molecule is NCc1cc2c(NCC(=O)O)ccc(Cl)c2[nH]1. The van der Waals surface area contributed by atoms with Crippen molar-refractivity contribution in [3.63, 3.8) is 0 Å². The number of carboxylic acid groups (broad SMARTS) is 1. The lowest BCUT2D eigenvalue weighted by Crippen LogP contribution is -2.12. The number of hydrogen-bond acceptors (Lipinski definition) is 3. The molecule has 0 bridgehead atoms. The number of anilines is 1. The van der Waals surface area contributed by atoms with Crippen molar-refractivity contribution in [2.24, 2.45) is 5.73 Å². The van der Waals surface area contributed by atoms with Gasteiger partial charge in [0, 0.05) is 23.3 Å². The van der Waals surface area contributed by atoms with Crippen LogP contribution in [-0.4, -0.2) is 22.6 Å². The first kappa shape index (κ1) is 11.8. The number of aliphatic carboxylic acids is 1. The van der Waals surface area contributed by atoms with Gasteiger partial charge in [-0.1, -0.05) is 11.6 Å². The number of rotatable bonds is 4. The molecular weight excluding hydrogens is 242 g/mol. The van der Waals surface area contributed by atoms with E-state index in [-0.39, 0.29) is 6.54 Å². The summed E-state index contributed by atoms with van der Waals surface area (Å²) in [6, 6.07) is 5.33. The summed E-state index contributed by atoms with van der Waals surface area (Å²) in [5.74, 6) is -0.914. The number of benzene rings is 1. The van der Waals surface area contributed by atoms with Gasteiger partial charge in [0.1, 0.15) is 6.54 Å². The minimum atomic E-state index is -0.914. The molecule has 0 fully saturated rings. The Morgan fingerprint density at radius 1 is 1.53 bits per heavy atom. The van der Waals surface area contributed by atoms with Crippen molar-refractivity contribution >= 4 is 34.2 Å². The van der Waals surface area contributed by atoms with Gasteiger partial charge in [-0.25, -0.2) is 0 Å². The van der Waals surface area contributed by atoms with Crippen LogP contribution in [0.1, 0.15) is 5.69 Å². The number of aromatic amines is 1. The van der Waals surface area contributed by atoms with Crippen molar-refractivity contribution in [3.05, 3.63) is 28.9 Å². The Kier molecular flexibility index (Phi) is 3.21. The number of aromatic nitrogens is 1. The van der Waals surface area contributed by atoms with Crippen molar-refractivity contribution in [1.29, 1.82) is 0 Å². The summed E-state index contributed by atoms with van der Waals surface area (Å²) < 4.78 is 0. The monoisotopic (exact) mass is 253 g/mol. The van der Waals surface area contributed by atoms with E-state index in [2.05, 4.69) is 10.3 Å². The Morgan fingerprint density at radius 3 is 2.94 bits per heavy atom. The molecule has 0 saturated heterocycles. The number of fused-ring (bicyclic) bond motifs is 1. The number of halogens is 1. The molecule has 1 heterocycles. The normalized spacial score (nSPS) is 10.7. The molecule has 5 nitrogen and oxygen atoms in total. The molecule has 0 aliphatic carbocycles. The third kappa shape index (κ3) is 2.35. The van der Waals surface area contributed by atoms with Gasteiger partial charge < -0.3 is 21.1 Å². The van der Waals surface area contributed by atoms with Gasteiger partial charge in [-0.2, -0.15) is 0 Å². The van der Waals surface area contributed by atoms with Gasteiger partial charge in [-0.05, 0) is 18.2 Å².